The highest BCUT2D eigenvalue weighted by atomic mass is 35.5. The number of hydrogen-bond acceptors (Lipinski definition) is 12. The number of nitro groups is 1. The molecule has 0 spiro atoms. The van der Waals surface area contributed by atoms with Crippen molar-refractivity contribution >= 4 is 75.4 Å². The van der Waals surface area contributed by atoms with Crippen molar-refractivity contribution < 1.29 is 46.8 Å². The number of nitrogens with zero attached hydrogens (tertiary/aromatic N) is 4. The number of rotatable bonds is 11. The van der Waals surface area contributed by atoms with E-state index in [0.29, 0.717) is 12.0 Å². The number of oxime groups is 1. The van der Waals surface area contributed by atoms with Gasteiger partial charge in [0.15, 0.2) is 15.7 Å². The van der Waals surface area contributed by atoms with E-state index >= 15 is 0 Å². The van der Waals surface area contributed by atoms with E-state index in [2.05, 4.69) is 25.6 Å². The number of carbonyl (C=O) groups excluding carboxylic acids is 4. The second-order valence-electron chi connectivity index (χ2n) is 8.71. The van der Waals surface area contributed by atoms with Gasteiger partial charge in [-0.15, -0.1) is 34.7 Å². The molecule has 2 aromatic rings. The number of nitrogens with one attached hydrogen (secondary N) is 2. The number of amides is 3. The summed E-state index contributed by atoms with van der Waals surface area (Å²) in [6, 6.07) is 4.21. The summed E-state index contributed by atoms with van der Waals surface area (Å²) in [5.74, 6) is -2.53. The molecular formula is C22H18ClF3N6O8S2. The number of thioether (sulfide) groups is 1. The smallest absolute Gasteiger partial charge is 0.425 e. The Balaban J connectivity index is 1.37. The average Bonchev–Trinajstić information content (AvgIpc) is 3.40. The molecule has 0 bridgehead atoms. The summed E-state index contributed by atoms with van der Waals surface area (Å²) in [4.78, 5) is 67.2. The standard InChI is InChI=1S/C22H18ClF3N6O8S2/c23-21(19(36)39-5-11-1-3-12(4-2-11)32(37)38)7-31-17(35)15(18(31)42-9-21)29-16(34)14(30-40-8-22(24,25)26)13-6-41-20(28-13)27-10-33/h1-4,6,10,15,18H,5,7-9H2,(H,29,34)(H,27,28,33)/t15?,18-,21?/m1/s1. The van der Waals surface area contributed by atoms with Gasteiger partial charge in [0.05, 0.1) is 11.5 Å². The average molecular weight is 651 g/mol. The lowest BCUT2D eigenvalue weighted by Crippen LogP contribution is -2.74. The van der Waals surface area contributed by atoms with E-state index in [0.717, 1.165) is 23.1 Å². The lowest BCUT2D eigenvalue weighted by Gasteiger charge is -2.52. The molecule has 2 unspecified atom stereocenters. The molecule has 3 amide bonds. The zero-order valence-corrected chi connectivity index (χ0v) is 23.2. The lowest BCUT2D eigenvalue weighted by molar-refractivity contribution is -0.384. The van der Waals surface area contributed by atoms with E-state index in [-0.39, 0.29) is 35.4 Å². The Morgan fingerprint density at radius 3 is 2.69 bits per heavy atom. The van der Waals surface area contributed by atoms with Crippen molar-refractivity contribution in [3.63, 3.8) is 0 Å². The number of hydrogen-bond donors (Lipinski definition) is 2. The maximum absolute atomic E-state index is 13.0. The van der Waals surface area contributed by atoms with Gasteiger partial charge in [-0.1, -0.05) is 5.16 Å². The minimum Gasteiger partial charge on any atom is -0.459 e. The highest BCUT2D eigenvalue weighted by Gasteiger charge is 2.57. The molecule has 1 aromatic heterocycles. The molecule has 4 rings (SSSR count). The van der Waals surface area contributed by atoms with Crippen molar-refractivity contribution in [3.05, 3.63) is 51.0 Å². The number of fused-ring (bicyclic) bond motifs is 1. The summed E-state index contributed by atoms with van der Waals surface area (Å²) in [5, 5.41) is 19.3. The minimum atomic E-state index is -4.74. The van der Waals surface area contributed by atoms with Crippen LogP contribution in [0.15, 0.2) is 34.8 Å². The highest BCUT2D eigenvalue weighted by Crippen LogP contribution is 2.41. The Labute approximate surface area is 246 Å². The molecule has 2 N–H and O–H groups in total. The number of anilines is 1. The predicted molar refractivity (Wildman–Crippen MR) is 142 cm³/mol. The van der Waals surface area contributed by atoms with Crippen LogP contribution in [0.25, 0.3) is 0 Å². The third kappa shape index (κ3) is 7.08. The van der Waals surface area contributed by atoms with Crippen molar-refractivity contribution in [2.24, 2.45) is 5.16 Å². The molecule has 224 valence electrons. The molecule has 1 aromatic carbocycles. The van der Waals surface area contributed by atoms with E-state index in [1.807, 2.05) is 0 Å². The van der Waals surface area contributed by atoms with Gasteiger partial charge in [0.1, 0.15) is 23.7 Å². The maximum Gasteiger partial charge on any atom is 0.425 e. The monoisotopic (exact) mass is 650 g/mol. The maximum atomic E-state index is 13.0. The van der Waals surface area contributed by atoms with Gasteiger partial charge in [0.2, 0.25) is 18.9 Å². The first-order valence-electron chi connectivity index (χ1n) is 11.6. The van der Waals surface area contributed by atoms with Crippen LogP contribution in [-0.4, -0.2) is 86.1 Å². The number of ether oxygens (including phenoxy) is 1. The van der Waals surface area contributed by atoms with Crippen molar-refractivity contribution in [2.75, 3.05) is 24.2 Å². The molecule has 2 fully saturated rings. The van der Waals surface area contributed by atoms with Crippen molar-refractivity contribution in [1.82, 2.24) is 15.2 Å². The molecule has 0 aliphatic carbocycles. The highest BCUT2D eigenvalue weighted by molar-refractivity contribution is 8.00. The van der Waals surface area contributed by atoms with Crippen molar-refractivity contribution in [2.45, 2.75) is 29.1 Å². The minimum absolute atomic E-state index is 0.0169. The number of thiazole rings is 1. The van der Waals surface area contributed by atoms with Crippen LogP contribution >= 0.6 is 34.7 Å². The van der Waals surface area contributed by atoms with Gasteiger partial charge < -0.3 is 25.1 Å². The molecule has 20 heteroatoms. The topological polar surface area (TPSA) is 182 Å². The first kappa shape index (κ1) is 31.0. The van der Waals surface area contributed by atoms with Gasteiger partial charge in [-0.25, -0.2) is 4.98 Å². The third-order valence-corrected chi connectivity index (χ3v) is 8.61. The Hall–Kier alpha value is -3.97. The molecule has 2 aliphatic rings. The first-order valence-corrected chi connectivity index (χ1v) is 13.9. The van der Waals surface area contributed by atoms with Gasteiger partial charge >= 0.3 is 12.1 Å². The molecule has 3 heterocycles. The second-order valence-corrected chi connectivity index (χ2v) is 11.4. The number of nitro benzene ring substituents is 1. The van der Waals surface area contributed by atoms with Gasteiger partial charge in [-0.3, -0.25) is 29.3 Å². The zero-order chi connectivity index (χ0) is 30.7. The number of carbonyl (C=O) groups is 4. The van der Waals surface area contributed by atoms with Crippen LogP contribution in [0.4, 0.5) is 24.0 Å². The molecule has 2 saturated heterocycles. The number of alkyl halides is 4. The van der Waals surface area contributed by atoms with Crippen LogP contribution in [0, 0.1) is 10.1 Å². The molecule has 3 atom stereocenters. The van der Waals surface area contributed by atoms with Crippen LogP contribution in [-0.2, 0) is 35.4 Å². The SMILES string of the molecule is O=CNc1nc(C(=NOCC(F)(F)F)C(=O)NC2C(=O)N3CC(Cl)(C(=O)OCc4ccc([N+](=O)[O-])cc4)CS[C@H]23)cs1. The molecule has 2 aliphatic heterocycles. The molecule has 14 nitrogen and oxygen atoms in total. The normalized spacial score (nSPS) is 22.0. The number of halogens is 4. The fourth-order valence-electron chi connectivity index (χ4n) is 3.74. The van der Waals surface area contributed by atoms with E-state index < -0.39 is 57.5 Å². The Morgan fingerprint density at radius 1 is 1.33 bits per heavy atom. The molecule has 0 radical (unpaired) electrons. The number of esters is 1. The fourth-order valence-corrected chi connectivity index (χ4v) is 6.15. The quantitative estimate of drug-likeness (QED) is 0.0694. The first-order chi connectivity index (χ1) is 19.8. The predicted octanol–water partition coefficient (Wildman–Crippen LogP) is 2.02. The van der Waals surface area contributed by atoms with E-state index in [1.165, 1.54) is 34.5 Å². The second kappa shape index (κ2) is 12.5. The van der Waals surface area contributed by atoms with Crippen LogP contribution in [0.3, 0.4) is 0 Å². The van der Waals surface area contributed by atoms with Crippen LogP contribution in [0.5, 0.6) is 0 Å². The Bertz CT molecular complexity index is 1430. The summed E-state index contributed by atoms with van der Waals surface area (Å²) in [7, 11) is 0. The molecule has 0 saturated carbocycles. The number of benzene rings is 1. The van der Waals surface area contributed by atoms with Crippen LogP contribution in [0.2, 0.25) is 0 Å². The lowest BCUT2D eigenvalue weighted by atomic mass is 10.0. The largest absolute Gasteiger partial charge is 0.459 e. The number of β-lactam (4-membered cyclic amide) rings is 1. The van der Waals surface area contributed by atoms with Crippen LogP contribution in [0.1, 0.15) is 11.3 Å². The van der Waals surface area contributed by atoms with Gasteiger partial charge in [-0.05, 0) is 17.7 Å². The van der Waals surface area contributed by atoms with Gasteiger partial charge in [-0.2, -0.15) is 13.2 Å². The van der Waals surface area contributed by atoms with E-state index in [1.54, 1.807) is 0 Å². The third-order valence-electron chi connectivity index (χ3n) is 5.74. The zero-order valence-electron chi connectivity index (χ0n) is 20.8. The fraction of sp³-hybridized carbons (Fsp3) is 0.364. The molecule has 42 heavy (non-hydrogen) atoms. The molecular weight excluding hydrogens is 633 g/mol. The Morgan fingerprint density at radius 2 is 2.05 bits per heavy atom. The summed E-state index contributed by atoms with van der Waals surface area (Å²) < 4.78 is 42.9. The summed E-state index contributed by atoms with van der Waals surface area (Å²) in [6.45, 7) is -2.26. The van der Waals surface area contributed by atoms with E-state index in [9.17, 15) is 42.5 Å². The summed E-state index contributed by atoms with van der Waals surface area (Å²) in [5.41, 5.74) is -0.531. The Kier molecular flexibility index (Phi) is 9.21. The summed E-state index contributed by atoms with van der Waals surface area (Å²) >= 11 is 8.43. The van der Waals surface area contributed by atoms with Crippen molar-refractivity contribution in [3.8, 4) is 0 Å². The summed E-state index contributed by atoms with van der Waals surface area (Å²) in [6.07, 6.45) is -4.43. The number of non-ortho nitro benzene ring substituents is 1. The van der Waals surface area contributed by atoms with Crippen molar-refractivity contribution in [1.29, 1.82) is 0 Å². The van der Waals surface area contributed by atoms with Gasteiger partial charge in [0, 0.05) is 23.3 Å². The number of aromatic nitrogens is 1. The van der Waals surface area contributed by atoms with E-state index in [4.69, 9.17) is 16.3 Å². The van der Waals surface area contributed by atoms with Gasteiger partial charge in [0.25, 0.3) is 11.6 Å². The van der Waals surface area contributed by atoms with Crippen LogP contribution < -0.4 is 10.6 Å².